The molecule has 2 saturated carbocycles. The average Bonchev–Trinajstić information content (AvgIpc) is 2.27. The highest BCUT2D eigenvalue weighted by Crippen LogP contribution is 2.58. The van der Waals surface area contributed by atoms with Gasteiger partial charge in [0.15, 0.2) is 10.1 Å². The molecule has 0 aromatic heterocycles. The molecule has 0 bridgehead atoms. The highest BCUT2D eigenvalue weighted by molar-refractivity contribution is 9.09. The second-order valence-corrected chi connectivity index (χ2v) is 5.81. The first-order valence-corrected chi connectivity index (χ1v) is 5.37. The van der Waals surface area contributed by atoms with E-state index in [1.54, 1.807) is 0 Å². The summed E-state index contributed by atoms with van der Waals surface area (Å²) in [5.74, 6) is -0.403. The lowest BCUT2D eigenvalue weighted by atomic mass is 9.74. The summed E-state index contributed by atoms with van der Waals surface area (Å²) in [7, 11) is 0. The number of fused-ring (bicyclic) bond motifs is 1. The maximum absolute atomic E-state index is 11.3. The van der Waals surface area contributed by atoms with Crippen LogP contribution in [-0.2, 0) is 4.79 Å². The van der Waals surface area contributed by atoms with E-state index in [0.717, 1.165) is 0 Å². The van der Waals surface area contributed by atoms with Crippen LogP contribution in [0, 0.1) is 11.8 Å². The lowest BCUT2D eigenvalue weighted by Crippen LogP contribution is -2.56. The Morgan fingerprint density at radius 1 is 1.58 bits per heavy atom. The van der Waals surface area contributed by atoms with Crippen LogP contribution in [0.1, 0.15) is 6.42 Å². The predicted octanol–water partition coefficient (Wildman–Crippen LogP) is 1.50. The maximum Gasteiger partial charge on any atom is 0.180 e. The molecular weight excluding hydrogens is 267 g/mol. The van der Waals surface area contributed by atoms with E-state index in [0.29, 0.717) is 6.42 Å². The van der Waals surface area contributed by atoms with E-state index in [9.17, 15) is 9.90 Å². The number of rotatable bonds is 0. The summed E-state index contributed by atoms with van der Waals surface area (Å²) in [5, 5.41) is 9.41. The number of carbonyl (C=O) groups is 1. The Hall–Kier alpha value is 0.690. The molecule has 68 valence electrons. The van der Waals surface area contributed by atoms with Crippen molar-refractivity contribution in [3.8, 4) is 0 Å². The number of alkyl halides is 3. The van der Waals surface area contributed by atoms with E-state index in [1.807, 2.05) is 0 Å². The monoisotopic (exact) mass is 272 g/mol. The Kier molecular flexibility index (Phi) is 2.00. The van der Waals surface area contributed by atoms with Crippen molar-refractivity contribution >= 4 is 44.9 Å². The van der Waals surface area contributed by atoms with Gasteiger partial charge in [0, 0.05) is 16.7 Å². The molecule has 0 aliphatic heterocycles. The molecule has 0 spiro atoms. The molecule has 2 aliphatic rings. The number of halogens is 3. The van der Waals surface area contributed by atoms with Gasteiger partial charge in [-0.25, -0.2) is 0 Å². The lowest BCUT2D eigenvalue weighted by molar-refractivity contribution is -0.133. The molecule has 0 saturated heterocycles. The van der Waals surface area contributed by atoms with Crippen molar-refractivity contribution < 1.29 is 9.90 Å². The molecule has 2 fully saturated rings. The topological polar surface area (TPSA) is 37.3 Å². The van der Waals surface area contributed by atoms with Crippen LogP contribution in [0.5, 0.6) is 0 Å². The van der Waals surface area contributed by atoms with Crippen LogP contribution >= 0.6 is 39.1 Å². The van der Waals surface area contributed by atoms with Crippen LogP contribution in [0.3, 0.4) is 0 Å². The van der Waals surface area contributed by atoms with Crippen LogP contribution in [-0.4, -0.2) is 26.2 Å². The van der Waals surface area contributed by atoms with Crippen molar-refractivity contribution in [2.75, 3.05) is 0 Å². The standard InChI is InChI=1S/C7H7BrCl2O2/c8-5-3(11)1-2-4(5)7(9,10)6(2)12/h2-5,11H,1H2/t2-,3-,4-,5+/m0/s1. The summed E-state index contributed by atoms with van der Waals surface area (Å²) in [4.78, 5) is 11.1. The van der Waals surface area contributed by atoms with Gasteiger partial charge in [-0.2, -0.15) is 0 Å². The third-order valence-electron chi connectivity index (χ3n) is 2.72. The SMILES string of the molecule is O=C1[C@H]2C[C@H](O)[C@@H](Br)[C@H]2C1(Cl)Cl. The summed E-state index contributed by atoms with van der Waals surface area (Å²) in [6, 6.07) is 0. The second-order valence-electron chi connectivity index (χ2n) is 3.37. The quantitative estimate of drug-likeness (QED) is 0.680. The normalized spacial score (nSPS) is 50.2. The summed E-state index contributed by atoms with van der Waals surface area (Å²) >= 11 is 14.9. The van der Waals surface area contributed by atoms with E-state index in [-0.39, 0.29) is 22.4 Å². The maximum atomic E-state index is 11.3. The first kappa shape index (κ1) is 9.25. The minimum atomic E-state index is -1.27. The Bertz CT molecular complexity index is 244. The van der Waals surface area contributed by atoms with Gasteiger partial charge in [-0.3, -0.25) is 4.79 Å². The summed E-state index contributed by atoms with van der Waals surface area (Å²) < 4.78 is -1.27. The Labute approximate surface area is 88.3 Å². The zero-order chi connectivity index (χ0) is 9.09. The van der Waals surface area contributed by atoms with E-state index in [2.05, 4.69) is 15.9 Å². The number of aliphatic hydroxyl groups excluding tert-OH is 1. The summed E-state index contributed by atoms with van der Waals surface area (Å²) in [6.07, 6.45) is -0.0102. The van der Waals surface area contributed by atoms with E-state index in [1.165, 1.54) is 0 Å². The molecule has 0 radical (unpaired) electrons. The third-order valence-corrected chi connectivity index (χ3v) is 4.78. The molecule has 4 atom stereocenters. The smallest absolute Gasteiger partial charge is 0.180 e. The van der Waals surface area contributed by atoms with Crippen LogP contribution in [0.15, 0.2) is 0 Å². The highest BCUT2D eigenvalue weighted by atomic mass is 79.9. The molecule has 12 heavy (non-hydrogen) atoms. The lowest BCUT2D eigenvalue weighted by Gasteiger charge is -2.42. The summed E-state index contributed by atoms with van der Waals surface area (Å²) in [5.41, 5.74) is 0. The predicted molar refractivity (Wildman–Crippen MR) is 49.8 cm³/mol. The van der Waals surface area contributed by atoms with Gasteiger partial charge in [-0.15, -0.1) is 0 Å². The summed E-state index contributed by atoms with van der Waals surface area (Å²) in [6.45, 7) is 0. The van der Waals surface area contributed by atoms with Gasteiger partial charge in [0.2, 0.25) is 0 Å². The number of Topliss-reactive ketones (excluding diaryl/α,β-unsaturated/α-hetero) is 1. The Morgan fingerprint density at radius 2 is 2.17 bits per heavy atom. The van der Waals surface area contributed by atoms with E-state index >= 15 is 0 Å². The number of ketones is 1. The number of hydrogen-bond acceptors (Lipinski definition) is 2. The van der Waals surface area contributed by atoms with Gasteiger partial charge in [0.1, 0.15) is 0 Å². The van der Waals surface area contributed by atoms with Crippen LogP contribution < -0.4 is 0 Å². The molecule has 2 rings (SSSR count). The zero-order valence-electron chi connectivity index (χ0n) is 6.01. The van der Waals surface area contributed by atoms with Gasteiger partial charge in [0.25, 0.3) is 0 Å². The van der Waals surface area contributed by atoms with Crippen LogP contribution in [0.25, 0.3) is 0 Å². The number of carbonyl (C=O) groups excluding carboxylic acids is 1. The van der Waals surface area contributed by atoms with Crippen molar-refractivity contribution in [3.63, 3.8) is 0 Å². The van der Waals surface area contributed by atoms with Gasteiger partial charge in [-0.05, 0) is 6.42 Å². The van der Waals surface area contributed by atoms with Crippen molar-refractivity contribution in [1.29, 1.82) is 0 Å². The average molecular weight is 274 g/mol. The van der Waals surface area contributed by atoms with Crippen molar-refractivity contribution in [1.82, 2.24) is 0 Å². The largest absolute Gasteiger partial charge is 0.392 e. The van der Waals surface area contributed by atoms with Crippen molar-refractivity contribution in [2.45, 2.75) is 21.7 Å². The Morgan fingerprint density at radius 3 is 2.67 bits per heavy atom. The third kappa shape index (κ3) is 0.939. The molecular formula is C7H7BrCl2O2. The molecule has 0 heterocycles. The van der Waals surface area contributed by atoms with Crippen molar-refractivity contribution in [2.24, 2.45) is 11.8 Å². The fourth-order valence-corrected chi connectivity index (χ4v) is 4.18. The molecule has 1 N–H and O–H groups in total. The first-order valence-electron chi connectivity index (χ1n) is 3.70. The fraction of sp³-hybridized carbons (Fsp3) is 0.857. The molecule has 0 aromatic rings. The van der Waals surface area contributed by atoms with Gasteiger partial charge >= 0.3 is 0 Å². The fourth-order valence-electron chi connectivity index (χ4n) is 2.04. The first-order chi connectivity index (χ1) is 5.46. The van der Waals surface area contributed by atoms with Crippen LogP contribution in [0.4, 0.5) is 0 Å². The van der Waals surface area contributed by atoms with E-state index < -0.39 is 10.4 Å². The minimum Gasteiger partial charge on any atom is -0.392 e. The second kappa shape index (κ2) is 2.59. The molecule has 2 aliphatic carbocycles. The molecule has 0 unspecified atom stereocenters. The Balaban J connectivity index is 2.26. The molecule has 0 amide bonds. The number of aliphatic hydroxyl groups is 1. The number of hydrogen-bond donors (Lipinski definition) is 1. The van der Waals surface area contributed by atoms with Crippen LogP contribution in [0.2, 0.25) is 0 Å². The van der Waals surface area contributed by atoms with Gasteiger partial charge < -0.3 is 5.11 Å². The molecule has 5 heteroatoms. The highest BCUT2D eigenvalue weighted by Gasteiger charge is 2.67. The molecule has 0 aromatic carbocycles. The minimum absolute atomic E-state index is 0.122. The zero-order valence-corrected chi connectivity index (χ0v) is 9.10. The van der Waals surface area contributed by atoms with Gasteiger partial charge in [-0.1, -0.05) is 39.1 Å². The van der Waals surface area contributed by atoms with Crippen molar-refractivity contribution in [3.05, 3.63) is 0 Å². The molecule has 2 nitrogen and oxygen atoms in total. The van der Waals surface area contributed by atoms with Gasteiger partial charge in [0.05, 0.1) is 6.10 Å². The van der Waals surface area contributed by atoms with E-state index in [4.69, 9.17) is 23.2 Å².